The predicted molar refractivity (Wildman–Crippen MR) is 78.6 cm³/mol. The highest BCUT2D eigenvalue weighted by molar-refractivity contribution is 7.90. The Morgan fingerprint density at radius 2 is 1.90 bits per heavy atom. The zero-order valence-electron chi connectivity index (χ0n) is 12.2. The van der Waals surface area contributed by atoms with Gasteiger partial charge in [0.2, 0.25) is 5.96 Å². The van der Waals surface area contributed by atoms with Crippen molar-refractivity contribution in [1.29, 1.82) is 0 Å². The summed E-state index contributed by atoms with van der Waals surface area (Å²) in [5.41, 5.74) is -0.0577. The molecule has 0 spiro atoms. The van der Waals surface area contributed by atoms with E-state index in [1.165, 1.54) is 12.1 Å². The first-order valence-corrected chi connectivity index (χ1v) is 7.98. The molecule has 0 bridgehead atoms. The van der Waals surface area contributed by atoms with E-state index in [-0.39, 0.29) is 16.4 Å². The number of rotatable bonds is 2. The van der Waals surface area contributed by atoms with Gasteiger partial charge in [0.25, 0.3) is 10.0 Å². The minimum atomic E-state index is -3.76. The monoisotopic (exact) mass is 314 g/mol. The second-order valence-electron chi connectivity index (χ2n) is 5.75. The molecule has 0 unspecified atom stereocenters. The summed E-state index contributed by atoms with van der Waals surface area (Å²) in [6.45, 7) is 7.06. The second kappa shape index (κ2) is 5.61. The summed E-state index contributed by atoms with van der Waals surface area (Å²) in [6.07, 6.45) is 0. The third-order valence-electron chi connectivity index (χ3n) is 3.14. The minimum absolute atomic E-state index is 0.00773. The van der Waals surface area contributed by atoms with E-state index in [4.69, 9.17) is 0 Å². The van der Waals surface area contributed by atoms with Crippen molar-refractivity contribution >= 4 is 16.0 Å². The average molecular weight is 314 g/mol. The fourth-order valence-corrected chi connectivity index (χ4v) is 2.75. The normalized spacial score (nSPS) is 17.0. The molecule has 2 rings (SSSR count). The number of halogens is 1. The van der Waals surface area contributed by atoms with Gasteiger partial charge in [0.05, 0.1) is 18.2 Å². The van der Waals surface area contributed by atoms with Crippen LogP contribution in [0.2, 0.25) is 0 Å². The van der Waals surface area contributed by atoms with Gasteiger partial charge in [-0.25, -0.2) is 22.5 Å². The highest BCUT2D eigenvalue weighted by Crippen LogP contribution is 2.14. The number of aliphatic imine (C=N–C) groups is 1. The van der Waals surface area contributed by atoms with Crippen LogP contribution < -0.4 is 10.0 Å². The number of nitrogens with one attached hydrogen (secondary N) is 2. The molecule has 0 saturated heterocycles. The van der Waals surface area contributed by atoms with Gasteiger partial charge in [-0.15, -0.1) is 0 Å². The van der Waals surface area contributed by atoms with E-state index < -0.39 is 15.8 Å². The molecule has 1 aromatic rings. The molecule has 1 heterocycles. The molecule has 1 aliphatic heterocycles. The van der Waals surface area contributed by atoms with E-state index in [1.807, 2.05) is 0 Å². The Hall–Kier alpha value is -1.67. The molecule has 2 N–H and O–H groups in total. The summed E-state index contributed by atoms with van der Waals surface area (Å²) < 4.78 is 39.4. The third-order valence-corrected chi connectivity index (χ3v) is 4.50. The van der Waals surface area contributed by atoms with E-state index in [0.29, 0.717) is 13.3 Å². The van der Waals surface area contributed by atoms with Crippen molar-refractivity contribution in [3.63, 3.8) is 0 Å². The molecule has 0 aliphatic carbocycles. The molecule has 6 nitrogen and oxygen atoms in total. The van der Waals surface area contributed by atoms with Gasteiger partial charge in [0, 0.05) is 5.54 Å². The summed E-state index contributed by atoms with van der Waals surface area (Å²) in [6, 6.07) is 4.63. The van der Waals surface area contributed by atoms with E-state index in [2.05, 4.69) is 40.7 Å². The molecule has 8 heteroatoms. The average Bonchev–Trinajstić information content (AvgIpc) is 2.38. The number of sulfonamides is 1. The maximum Gasteiger partial charge on any atom is 0.264 e. The lowest BCUT2D eigenvalue weighted by atomic mass is 10.1. The molecular formula is C13H19FN4O2S. The largest absolute Gasteiger partial charge is 0.343 e. The summed E-state index contributed by atoms with van der Waals surface area (Å²) in [7, 11) is -3.76. The number of guanidine groups is 1. The molecule has 0 amide bonds. The molecule has 0 saturated carbocycles. The van der Waals surface area contributed by atoms with E-state index >= 15 is 0 Å². The lowest BCUT2D eigenvalue weighted by Gasteiger charge is -2.37. The first kappa shape index (κ1) is 15.7. The summed E-state index contributed by atoms with van der Waals surface area (Å²) >= 11 is 0. The molecule has 0 aromatic heterocycles. The Kier molecular flexibility index (Phi) is 4.20. The van der Waals surface area contributed by atoms with Crippen LogP contribution in [0, 0.1) is 5.82 Å². The molecule has 0 fully saturated rings. The fourth-order valence-electron chi connectivity index (χ4n) is 1.75. The highest BCUT2D eigenvalue weighted by atomic mass is 32.2. The number of benzene rings is 1. The van der Waals surface area contributed by atoms with Gasteiger partial charge in [-0.3, -0.25) is 4.90 Å². The van der Waals surface area contributed by atoms with Crippen molar-refractivity contribution in [2.45, 2.75) is 31.2 Å². The third kappa shape index (κ3) is 3.92. The Balaban J connectivity index is 2.08. The van der Waals surface area contributed by atoms with Crippen molar-refractivity contribution in [3.05, 3.63) is 30.1 Å². The van der Waals surface area contributed by atoms with Gasteiger partial charge < -0.3 is 5.32 Å². The first-order chi connectivity index (χ1) is 9.68. The van der Waals surface area contributed by atoms with Crippen molar-refractivity contribution in [2.75, 3.05) is 13.3 Å². The first-order valence-electron chi connectivity index (χ1n) is 6.50. The van der Waals surface area contributed by atoms with Crippen LogP contribution in [0.3, 0.4) is 0 Å². The summed E-state index contributed by atoms with van der Waals surface area (Å²) in [5, 5.41) is 2.92. The van der Waals surface area contributed by atoms with E-state index in [1.54, 1.807) is 0 Å². The van der Waals surface area contributed by atoms with Gasteiger partial charge >= 0.3 is 0 Å². The summed E-state index contributed by atoms with van der Waals surface area (Å²) in [5.74, 6) is -0.289. The quantitative estimate of drug-likeness (QED) is 0.857. The van der Waals surface area contributed by atoms with Crippen molar-refractivity contribution in [1.82, 2.24) is 14.9 Å². The van der Waals surface area contributed by atoms with Crippen LogP contribution in [0.4, 0.5) is 4.39 Å². The zero-order valence-corrected chi connectivity index (χ0v) is 13.0. The minimum Gasteiger partial charge on any atom is -0.343 e. The van der Waals surface area contributed by atoms with Crippen LogP contribution in [-0.2, 0) is 10.0 Å². The predicted octanol–water partition coefficient (Wildman–Crippen LogP) is 1.08. The van der Waals surface area contributed by atoms with Crippen LogP contribution in [-0.4, -0.2) is 38.2 Å². The molecule has 0 radical (unpaired) electrons. The van der Waals surface area contributed by atoms with Gasteiger partial charge in [0.1, 0.15) is 5.82 Å². The molecule has 116 valence electrons. The van der Waals surface area contributed by atoms with Crippen LogP contribution in [0.1, 0.15) is 20.8 Å². The molecule has 21 heavy (non-hydrogen) atoms. The van der Waals surface area contributed by atoms with Gasteiger partial charge in [0.15, 0.2) is 0 Å². The van der Waals surface area contributed by atoms with Crippen molar-refractivity contribution in [3.8, 4) is 0 Å². The molecule has 1 aliphatic rings. The van der Waals surface area contributed by atoms with Crippen LogP contribution in [0.15, 0.2) is 34.2 Å². The molecular weight excluding hydrogens is 295 g/mol. The Morgan fingerprint density at radius 3 is 2.38 bits per heavy atom. The lowest BCUT2D eigenvalue weighted by Crippen LogP contribution is -2.55. The highest BCUT2D eigenvalue weighted by Gasteiger charge is 2.25. The van der Waals surface area contributed by atoms with E-state index in [0.717, 1.165) is 12.1 Å². The fraction of sp³-hybridized carbons (Fsp3) is 0.462. The standard InChI is InChI=1S/C13H19FN4O2S/c1-13(2,3)18-8-15-12(16-9-18)17-21(19,20)11-6-4-10(14)5-7-11/h4-7H,8-9H2,1-3H3,(H2,15,16,17). The Labute approximate surface area is 124 Å². The van der Waals surface area contributed by atoms with Crippen molar-refractivity contribution < 1.29 is 12.8 Å². The van der Waals surface area contributed by atoms with Crippen LogP contribution in [0.25, 0.3) is 0 Å². The molecule has 1 aromatic carbocycles. The van der Waals surface area contributed by atoms with Crippen LogP contribution >= 0.6 is 0 Å². The smallest absolute Gasteiger partial charge is 0.264 e. The zero-order chi connectivity index (χ0) is 15.7. The Bertz CT molecular complexity index is 635. The summed E-state index contributed by atoms with van der Waals surface area (Å²) in [4.78, 5) is 6.22. The van der Waals surface area contributed by atoms with Gasteiger partial charge in [-0.05, 0) is 45.0 Å². The van der Waals surface area contributed by atoms with Crippen molar-refractivity contribution in [2.24, 2.45) is 4.99 Å². The van der Waals surface area contributed by atoms with Gasteiger partial charge in [-0.1, -0.05) is 0 Å². The number of hydrogen-bond acceptors (Lipinski definition) is 5. The molecule has 0 atom stereocenters. The van der Waals surface area contributed by atoms with Crippen LogP contribution in [0.5, 0.6) is 0 Å². The SMILES string of the molecule is CC(C)(C)N1CN=C(NS(=O)(=O)c2ccc(F)cc2)NC1. The number of hydrogen-bond donors (Lipinski definition) is 2. The van der Waals surface area contributed by atoms with E-state index in [9.17, 15) is 12.8 Å². The maximum absolute atomic E-state index is 12.8. The lowest BCUT2D eigenvalue weighted by molar-refractivity contribution is 0.130. The Morgan fingerprint density at radius 1 is 1.29 bits per heavy atom. The second-order valence-corrected chi connectivity index (χ2v) is 7.44. The number of nitrogens with zero attached hydrogens (tertiary/aromatic N) is 2. The maximum atomic E-state index is 12.8. The van der Waals surface area contributed by atoms with Gasteiger partial charge in [-0.2, -0.15) is 0 Å². The topological polar surface area (TPSA) is 73.8 Å².